The van der Waals surface area contributed by atoms with E-state index < -0.39 is 5.82 Å². The molecule has 2 aromatic carbocycles. The van der Waals surface area contributed by atoms with Crippen LogP contribution in [0.1, 0.15) is 21.5 Å². The molecule has 0 radical (unpaired) electrons. The molecule has 0 saturated heterocycles. The van der Waals surface area contributed by atoms with Gasteiger partial charge in [0.05, 0.1) is 16.1 Å². The van der Waals surface area contributed by atoms with Gasteiger partial charge in [0.15, 0.2) is 5.78 Å². The molecular weight excluding hydrogens is 277 g/mol. The van der Waals surface area contributed by atoms with Crippen molar-refractivity contribution in [2.75, 3.05) is 0 Å². The average molecular weight is 288 g/mol. The lowest BCUT2D eigenvalue weighted by Crippen LogP contribution is -2.04. The fourth-order valence-corrected chi connectivity index (χ4v) is 2.50. The molecule has 3 aromatic rings. The molecule has 3 rings (SSSR count). The highest BCUT2D eigenvalue weighted by Crippen LogP contribution is 2.27. The molecule has 4 heteroatoms. The van der Waals surface area contributed by atoms with Crippen molar-refractivity contribution < 1.29 is 9.18 Å². The summed E-state index contributed by atoms with van der Waals surface area (Å²) in [4.78, 5) is 15.5. The van der Waals surface area contributed by atoms with Gasteiger partial charge in [-0.1, -0.05) is 35.9 Å². The van der Waals surface area contributed by atoms with E-state index in [0.29, 0.717) is 27.1 Å². The van der Waals surface area contributed by atoms with E-state index in [2.05, 4.69) is 4.98 Å². The third kappa shape index (κ3) is 1.91. The average Bonchev–Trinajstić information content (AvgIpc) is 2.86. The van der Waals surface area contributed by atoms with Crippen LogP contribution in [-0.4, -0.2) is 10.8 Å². The molecule has 0 amide bonds. The number of carbonyl (C=O) groups excluding carboxylic acids is 1. The van der Waals surface area contributed by atoms with E-state index in [1.165, 1.54) is 6.07 Å². The number of aryl methyl sites for hydroxylation is 1. The van der Waals surface area contributed by atoms with E-state index >= 15 is 0 Å². The van der Waals surface area contributed by atoms with Gasteiger partial charge in [-0.05, 0) is 24.6 Å². The second-order valence-corrected chi connectivity index (χ2v) is 5.04. The smallest absolute Gasteiger partial charge is 0.198 e. The zero-order valence-corrected chi connectivity index (χ0v) is 11.5. The highest BCUT2D eigenvalue weighted by atomic mass is 35.5. The molecule has 2 nitrogen and oxygen atoms in total. The molecule has 0 aliphatic heterocycles. The van der Waals surface area contributed by atoms with Gasteiger partial charge in [-0.25, -0.2) is 4.39 Å². The van der Waals surface area contributed by atoms with E-state index in [1.807, 2.05) is 0 Å². The normalized spacial score (nSPS) is 10.9. The maximum absolute atomic E-state index is 14.1. The Morgan fingerprint density at radius 2 is 1.90 bits per heavy atom. The zero-order valence-electron chi connectivity index (χ0n) is 10.7. The first kappa shape index (κ1) is 12.9. The Morgan fingerprint density at radius 3 is 2.70 bits per heavy atom. The number of rotatable bonds is 2. The van der Waals surface area contributed by atoms with Gasteiger partial charge in [-0.2, -0.15) is 0 Å². The second kappa shape index (κ2) is 4.76. The molecule has 0 atom stereocenters. The van der Waals surface area contributed by atoms with Gasteiger partial charge in [0.1, 0.15) is 5.82 Å². The van der Waals surface area contributed by atoms with Crippen LogP contribution < -0.4 is 0 Å². The molecule has 0 fully saturated rings. The highest BCUT2D eigenvalue weighted by Gasteiger charge is 2.19. The molecular formula is C16H11ClFNO. The van der Waals surface area contributed by atoms with Crippen LogP contribution in [0.15, 0.2) is 42.6 Å². The van der Waals surface area contributed by atoms with Crippen molar-refractivity contribution in [3.63, 3.8) is 0 Å². The minimum Gasteiger partial charge on any atom is -0.359 e. The van der Waals surface area contributed by atoms with E-state index in [-0.39, 0.29) is 11.3 Å². The first-order chi connectivity index (χ1) is 9.59. The molecule has 1 heterocycles. The number of aromatic amines is 1. The zero-order chi connectivity index (χ0) is 14.3. The predicted molar refractivity (Wildman–Crippen MR) is 77.9 cm³/mol. The van der Waals surface area contributed by atoms with Crippen LogP contribution in [0.2, 0.25) is 5.02 Å². The lowest BCUT2D eigenvalue weighted by atomic mass is 10.0. The number of benzene rings is 2. The molecule has 1 N–H and O–H groups in total. The van der Waals surface area contributed by atoms with E-state index in [4.69, 9.17) is 11.6 Å². The number of aromatic nitrogens is 1. The quantitative estimate of drug-likeness (QED) is 0.692. The fraction of sp³-hybridized carbons (Fsp3) is 0.0625. The summed E-state index contributed by atoms with van der Waals surface area (Å²) in [5.41, 5.74) is 1.64. The van der Waals surface area contributed by atoms with Gasteiger partial charge in [-0.15, -0.1) is 0 Å². The number of H-pyrrole nitrogens is 1. The number of ketones is 1. The molecule has 0 spiro atoms. The number of nitrogens with one attached hydrogen (secondary N) is 1. The SMILES string of the molecule is Cc1cccc(C(=O)c2c[nH]c3c(Cl)cccc23)c1F. The summed E-state index contributed by atoms with van der Waals surface area (Å²) in [5, 5.41) is 1.23. The minimum atomic E-state index is -0.478. The topological polar surface area (TPSA) is 32.9 Å². The fourth-order valence-electron chi connectivity index (χ4n) is 2.27. The highest BCUT2D eigenvalue weighted by molar-refractivity contribution is 6.35. The maximum Gasteiger partial charge on any atom is 0.198 e. The van der Waals surface area contributed by atoms with Crippen molar-refractivity contribution in [3.05, 3.63) is 70.1 Å². The molecule has 0 aliphatic rings. The molecule has 100 valence electrons. The van der Waals surface area contributed by atoms with Crippen molar-refractivity contribution in [2.45, 2.75) is 6.92 Å². The molecule has 1 aromatic heterocycles. The first-order valence-corrected chi connectivity index (χ1v) is 6.53. The lowest BCUT2D eigenvalue weighted by Gasteiger charge is -2.04. The molecule has 0 unspecified atom stereocenters. The maximum atomic E-state index is 14.1. The Hall–Kier alpha value is -2.13. The van der Waals surface area contributed by atoms with Crippen LogP contribution in [0.5, 0.6) is 0 Å². The summed E-state index contributed by atoms with van der Waals surface area (Å²) in [5.74, 6) is -0.825. The number of halogens is 2. The first-order valence-electron chi connectivity index (χ1n) is 6.15. The van der Waals surface area contributed by atoms with Crippen LogP contribution >= 0.6 is 11.6 Å². The largest absolute Gasteiger partial charge is 0.359 e. The lowest BCUT2D eigenvalue weighted by molar-refractivity contribution is 0.103. The molecule has 0 aliphatic carbocycles. The van der Waals surface area contributed by atoms with Crippen molar-refractivity contribution in [1.82, 2.24) is 4.98 Å². The predicted octanol–water partition coefficient (Wildman–Crippen LogP) is 4.50. The Labute approximate surface area is 120 Å². The monoisotopic (exact) mass is 287 g/mol. The van der Waals surface area contributed by atoms with Gasteiger partial charge < -0.3 is 4.98 Å². The van der Waals surface area contributed by atoms with Gasteiger partial charge in [0.2, 0.25) is 0 Å². The summed E-state index contributed by atoms with van der Waals surface area (Å²) < 4.78 is 14.1. The van der Waals surface area contributed by atoms with Crippen molar-refractivity contribution in [3.8, 4) is 0 Å². The van der Waals surface area contributed by atoms with Crippen LogP contribution in [0.3, 0.4) is 0 Å². The number of hydrogen-bond acceptors (Lipinski definition) is 1. The van der Waals surface area contributed by atoms with E-state index in [0.717, 1.165) is 0 Å². The Bertz CT molecular complexity index is 822. The Balaban J connectivity index is 2.18. The van der Waals surface area contributed by atoms with Crippen LogP contribution in [0.25, 0.3) is 10.9 Å². The molecule has 0 saturated carbocycles. The number of carbonyl (C=O) groups is 1. The van der Waals surface area contributed by atoms with Crippen LogP contribution in [-0.2, 0) is 0 Å². The minimum absolute atomic E-state index is 0.0749. The van der Waals surface area contributed by atoms with Gasteiger partial charge in [0, 0.05) is 17.1 Å². The third-order valence-corrected chi connectivity index (χ3v) is 3.66. The summed E-state index contributed by atoms with van der Waals surface area (Å²) >= 11 is 6.06. The van der Waals surface area contributed by atoms with Crippen molar-refractivity contribution in [2.24, 2.45) is 0 Å². The van der Waals surface area contributed by atoms with Crippen LogP contribution in [0, 0.1) is 12.7 Å². The van der Waals surface area contributed by atoms with Gasteiger partial charge in [-0.3, -0.25) is 4.79 Å². The Morgan fingerprint density at radius 1 is 1.15 bits per heavy atom. The number of fused-ring (bicyclic) bond motifs is 1. The summed E-state index contributed by atoms with van der Waals surface area (Å²) in [7, 11) is 0. The number of hydrogen-bond donors (Lipinski definition) is 1. The van der Waals surface area contributed by atoms with E-state index in [1.54, 1.807) is 43.5 Å². The standard InChI is InChI=1S/C16H11ClFNO/c1-9-4-2-6-11(14(9)18)16(20)12-8-19-15-10(12)5-3-7-13(15)17/h2-8,19H,1H3. The van der Waals surface area contributed by atoms with Gasteiger partial charge >= 0.3 is 0 Å². The summed E-state index contributed by atoms with van der Waals surface area (Å²) in [6.07, 6.45) is 1.57. The summed E-state index contributed by atoms with van der Waals surface area (Å²) in [6.45, 7) is 1.64. The second-order valence-electron chi connectivity index (χ2n) is 4.63. The Kier molecular flexibility index (Phi) is 3.07. The van der Waals surface area contributed by atoms with Crippen molar-refractivity contribution >= 4 is 28.3 Å². The molecule has 20 heavy (non-hydrogen) atoms. The number of para-hydroxylation sites is 1. The summed E-state index contributed by atoms with van der Waals surface area (Å²) in [6, 6.07) is 10.1. The molecule has 0 bridgehead atoms. The van der Waals surface area contributed by atoms with Crippen molar-refractivity contribution in [1.29, 1.82) is 0 Å². The third-order valence-electron chi connectivity index (χ3n) is 3.35. The van der Waals surface area contributed by atoms with E-state index in [9.17, 15) is 9.18 Å². The van der Waals surface area contributed by atoms with Crippen LogP contribution in [0.4, 0.5) is 4.39 Å². The van der Waals surface area contributed by atoms with Gasteiger partial charge in [0.25, 0.3) is 0 Å².